The minimum atomic E-state index is -0.960. The molecule has 3 aromatic carbocycles. The van der Waals surface area contributed by atoms with E-state index in [1.54, 1.807) is 36.4 Å². The molecule has 198 valence electrons. The van der Waals surface area contributed by atoms with Crippen LogP contribution in [0, 0.1) is 0 Å². The standard InChI is InChI=1S/C29H28Cl2N2O5/c1-16(2)38-21-8-6-7-17(13-21)25-24(26(34)22-14-18(30)15-23(31)28(22)37-5)27(35)29(36)33(25)20-11-9-19(10-12-20)32(3)4/h6-16,25,34H,1-5H3/b26-24+. The fourth-order valence-corrected chi connectivity index (χ4v) is 5.02. The van der Waals surface area contributed by atoms with Crippen LogP contribution in [0.2, 0.25) is 10.0 Å². The van der Waals surface area contributed by atoms with Gasteiger partial charge >= 0.3 is 0 Å². The highest BCUT2D eigenvalue weighted by Gasteiger charge is 2.47. The number of hydrogen-bond acceptors (Lipinski definition) is 6. The van der Waals surface area contributed by atoms with Crippen LogP contribution in [0.5, 0.6) is 11.5 Å². The van der Waals surface area contributed by atoms with Crippen molar-refractivity contribution in [1.29, 1.82) is 0 Å². The summed E-state index contributed by atoms with van der Waals surface area (Å²) < 4.78 is 11.3. The maximum absolute atomic E-state index is 13.5. The Labute approximate surface area is 231 Å². The van der Waals surface area contributed by atoms with Gasteiger partial charge in [0.25, 0.3) is 11.7 Å². The van der Waals surface area contributed by atoms with Crippen molar-refractivity contribution in [1.82, 2.24) is 0 Å². The van der Waals surface area contributed by atoms with Gasteiger partial charge in [0.2, 0.25) is 0 Å². The topological polar surface area (TPSA) is 79.3 Å². The number of ether oxygens (including phenoxy) is 2. The van der Waals surface area contributed by atoms with E-state index in [2.05, 4.69) is 0 Å². The number of halogens is 2. The fourth-order valence-electron chi connectivity index (χ4n) is 4.44. The van der Waals surface area contributed by atoms with E-state index < -0.39 is 23.5 Å². The van der Waals surface area contributed by atoms with E-state index in [4.69, 9.17) is 32.7 Å². The number of aliphatic hydroxyl groups excluding tert-OH is 1. The molecule has 0 spiro atoms. The van der Waals surface area contributed by atoms with Crippen molar-refractivity contribution in [3.8, 4) is 11.5 Å². The first-order chi connectivity index (χ1) is 18.0. The highest BCUT2D eigenvalue weighted by Crippen LogP contribution is 2.45. The summed E-state index contributed by atoms with van der Waals surface area (Å²) >= 11 is 12.5. The van der Waals surface area contributed by atoms with Crippen molar-refractivity contribution in [3.05, 3.63) is 87.4 Å². The number of nitrogens with zero attached hydrogens (tertiary/aromatic N) is 2. The molecule has 1 amide bonds. The Morgan fingerprint density at radius 1 is 1.03 bits per heavy atom. The monoisotopic (exact) mass is 554 g/mol. The van der Waals surface area contributed by atoms with Crippen molar-refractivity contribution < 1.29 is 24.2 Å². The molecule has 4 rings (SSSR count). The smallest absolute Gasteiger partial charge is 0.300 e. The molecule has 1 fully saturated rings. The third-order valence-electron chi connectivity index (χ3n) is 6.10. The van der Waals surface area contributed by atoms with Gasteiger partial charge in [0.15, 0.2) is 0 Å². The Hall–Kier alpha value is -3.68. The third-order valence-corrected chi connectivity index (χ3v) is 6.60. The van der Waals surface area contributed by atoms with Crippen molar-refractivity contribution in [3.63, 3.8) is 0 Å². The Morgan fingerprint density at radius 3 is 2.32 bits per heavy atom. The van der Waals surface area contributed by atoms with Gasteiger partial charge in [-0.05, 0) is 67.9 Å². The molecule has 1 unspecified atom stereocenters. The van der Waals surface area contributed by atoms with Crippen molar-refractivity contribution in [2.24, 2.45) is 0 Å². The van der Waals surface area contributed by atoms with Gasteiger partial charge in [0, 0.05) is 30.5 Å². The molecule has 9 heteroatoms. The van der Waals surface area contributed by atoms with E-state index >= 15 is 0 Å². The second kappa shape index (κ2) is 11.0. The number of hydrogen-bond donors (Lipinski definition) is 1. The molecule has 1 aliphatic heterocycles. The number of amides is 1. The van der Waals surface area contributed by atoms with Crippen LogP contribution in [-0.4, -0.2) is 44.1 Å². The lowest BCUT2D eigenvalue weighted by Crippen LogP contribution is -2.29. The summed E-state index contributed by atoms with van der Waals surface area (Å²) in [7, 11) is 5.21. The normalized spacial score (nSPS) is 16.7. The Balaban J connectivity index is 1.97. The molecule has 0 radical (unpaired) electrons. The first kappa shape index (κ1) is 27.4. The zero-order chi connectivity index (χ0) is 27.7. The Kier molecular flexibility index (Phi) is 7.90. The van der Waals surface area contributed by atoms with Gasteiger partial charge in [-0.1, -0.05) is 35.3 Å². The maximum atomic E-state index is 13.5. The predicted molar refractivity (Wildman–Crippen MR) is 151 cm³/mol. The van der Waals surface area contributed by atoms with Crippen LogP contribution in [0.15, 0.2) is 66.2 Å². The SMILES string of the molecule is COc1c(Cl)cc(Cl)cc1/C(O)=C1\C(=O)C(=O)N(c2ccc(N(C)C)cc2)C1c1cccc(OC(C)C)c1. The van der Waals surface area contributed by atoms with Gasteiger partial charge in [0.1, 0.15) is 17.3 Å². The van der Waals surface area contributed by atoms with E-state index in [1.165, 1.54) is 24.1 Å². The number of carbonyl (C=O) groups is 2. The van der Waals surface area contributed by atoms with Crippen LogP contribution in [0.3, 0.4) is 0 Å². The van der Waals surface area contributed by atoms with Crippen LogP contribution >= 0.6 is 23.2 Å². The molecule has 1 aliphatic rings. The fraction of sp³-hybridized carbons (Fsp3) is 0.241. The van der Waals surface area contributed by atoms with Gasteiger partial charge in [0.05, 0.1) is 35.4 Å². The molecule has 1 atom stereocenters. The van der Waals surface area contributed by atoms with Gasteiger partial charge in [-0.25, -0.2) is 0 Å². The molecule has 1 heterocycles. The summed E-state index contributed by atoms with van der Waals surface area (Å²) in [5.41, 5.74) is 1.98. The average Bonchev–Trinajstić information content (AvgIpc) is 3.13. The average molecular weight is 555 g/mol. The number of anilines is 2. The van der Waals surface area contributed by atoms with Gasteiger partial charge in [-0.3, -0.25) is 14.5 Å². The van der Waals surface area contributed by atoms with E-state index in [0.29, 0.717) is 17.0 Å². The number of aliphatic hydroxyl groups is 1. The molecular formula is C29H28Cl2N2O5. The number of benzene rings is 3. The summed E-state index contributed by atoms with van der Waals surface area (Å²) in [6.45, 7) is 3.81. The molecule has 0 aliphatic carbocycles. The van der Waals surface area contributed by atoms with Gasteiger partial charge in [-0.15, -0.1) is 0 Å². The summed E-state index contributed by atoms with van der Waals surface area (Å²) in [6, 6.07) is 16.3. The minimum Gasteiger partial charge on any atom is -0.507 e. The summed E-state index contributed by atoms with van der Waals surface area (Å²) in [6.07, 6.45) is -0.0898. The van der Waals surface area contributed by atoms with Crippen LogP contribution in [0.25, 0.3) is 5.76 Å². The largest absolute Gasteiger partial charge is 0.507 e. The molecule has 38 heavy (non-hydrogen) atoms. The predicted octanol–water partition coefficient (Wildman–Crippen LogP) is 6.48. The summed E-state index contributed by atoms with van der Waals surface area (Å²) in [5.74, 6) is -1.38. The Morgan fingerprint density at radius 2 is 1.71 bits per heavy atom. The van der Waals surface area contributed by atoms with E-state index in [0.717, 1.165) is 5.69 Å². The first-order valence-corrected chi connectivity index (χ1v) is 12.7. The Bertz CT molecular complexity index is 1420. The summed E-state index contributed by atoms with van der Waals surface area (Å²) in [4.78, 5) is 30.4. The number of Topliss-reactive ketones (excluding diaryl/α,β-unsaturated/α-hetero) is 1. The van der Waals surface area contributed by atoms with Crippen molar-refractivity contribution in [2.45, 2.75) is 26.0 Å². The minimum absolute atomic E-state index is 0.0898. The van der Waals surface area contributed by atoms with E-state index in [-0.39, 0.29) is 33.0 Å². The zero-order valence-electron chi connectivity index (χ0n) is 21.7. The molecule has 0 aromatic heterocycles. The third kappa shape index (κ3) is 5.17. The first-order valence-electron chi connectivity index (χ1n) is 11.9. The molecular weight excluding hydrogens is 527 g/mol. The zero-order valence-corrected chi connectivity index (χ0v) is 23.2. The number of ketones is 1. The highest BCUT2D eigenvalue weighted by atomic mass is 35.5. The summed E-state index contributed by atoms with van der Waals surface area (Å²) in [5, 5.41) is 11.9. The number of methoxy groups -OCH3 is 1. The second-order valence-electron chi connectivity index (χ2n) is 9.29. The van der Waals surface area contributed by atoms with Crippen LogP contribution in [0.4, 0.5) is 11.4 Å². The van der Waals surface area contributed by atoms with E-state index in [9.17, 15) is 14.7 Å². The molecule has 1 N–H and O–H groups in total. The quantitative estimate of drug-likeness (QED) is 0.204. The molecule has 3 aromatic rings. The van der Waals surface area contributed by atoms with Crippen LogP contribution in [0.1, 0.15) is 31.0 Å². The molecule has 0 saturated carbocycles. The maximum Gasteiger partial charge on any atom is 0.300 e. The van der Waals surface area contributed by atoms with Gasteiger partial charge < -0.3 is 19.5 Å². The van der Waals surface area contributed by atoms with Crippen LogP contribution in [-0.2, 0) is 9.59 Å². The van der Waals surface area contributed by atoms with Crippen molar-refractivity contribution in [2.75, 3.05) is 31.0 Å². The molecule has 7 nitrogen and oxygen atoms in total. The molecule has 1 saturated heterocycles. The second-order valence-corrected chi connectivity index (χ2v) is 10.1. The van der Waals surface area contributed by atoms with Crippen molar-refractivity contribution >= 4 is 52.0 Å². The van der Waals surface area contributed by atoms with E-state index in [1.807, 2.05) is 45.0 Å². The van der Waals surface area contributed by atoms with Crippen LogP contribution < -0.4 is 19.3 Å². The molecule has 0 bridgehead atoms. The highest BCUT2D eigenvalue weighted by molar-refractivity contribution is 6.52. The number of rotatable bonds is 7. The number of carbonyl (C=O) groups excluding carboxylic acids is 2. The lowest BCUT2D eigenvalue weighted by atomic mass is 9.94. The van der Waals surface area contributed by atoms with Gasteiger partial charge in [-0.2, -0.15) is 0 Å². The lowest BCUT2D eigenvalue weighted by molar-refractivity contribution is -0.132. The lowest BCUT2D eigenvalue weighted by Gasteiger charge is -2.26.